The maximum atomic E-state index is 13.7. The molecule has 8 heteroatoms. The number of pyridine rings is 1. The zero-order valence-corrected chi connectivity index (χ0v) is 20.1. The van der Waals surface area contributed by atoms with Crippen molar-refractivity contribution in [3.63, 3.8) is 0 Å². The molecule has 31 heavy (non-hydrogen) atoms. The summed E-state index contributed by atoms with van der Waals surface area (Å²) in [4.78, 5) is 31.3. The lowest BCUT2D eigenvalue weighted by Gasteiger charge is -2.24. The summed E-state index contributed by atoms with van der Waals surface area (Å²) in [5.74, 6) is -0.214. The fraction of sp³-hybridized carbons (Fsp3) is 0.174. The lowest BCUT2D eigenvalue weighted by molar-refractivity contribution is 0.0526. The fourth-order valence-corrected chi connectivity index (χ4v) is 4.40. The highest BCUT2D eigenvalue weighted by Gasteiger charge is 2.24. The molecule has 0 N–H and O–H groups in total. The molecule has 6 nitrogen and oxygen atoms in total. The van der Waals surface area contributed by atoms with E-state index in [-0.39, 0.29) is 5.91 Å². The Kier molecular flexibility index (Phi) is 7.81. The van der Waals surface area contributed by atoms with Crippen LogP contribution in [0.5, 0.6) is 5.75 Å². The third kappa shape index (κ3) is 5.51. The van der Waals surface area contributed by atoms with Crippen LogP contribution in [0.15, 0.2) is 69.9 Å². The second-order valence-corrected chi connectivity index (χ2v) is 8.25. The molecule has 0 unspecified atom stereocenters. The van der Waals surface area contributed by atoms with E-state index in [2.05, 4.69) is 36.8 Å². The molecule has 3 aromatic rings. The van der Waals surface area contributed by atoms with E-state index in [0.29, 0.717) is 40.2 Å². The van der Waals surface area contributed by atoms with Crippen LogP contribution in [0.25, 0.3) is 0 Å². The number of ether oxygens (including phenoxy) is 2. The first-order valence-corrected chi connectivity index (χ1v) is 11.0. The number of hydrogen-bond acceptors (Lipinski definition) is 5. The van der Waals surface area contributed by atoms with Crippen LogP contribution >= 0.6 is 31.9 Å². The minimum absolute atomic E-state index is 0.250. The Labute approximate surface area is 197 Å². The molecule has 160 valence electrons. The molecular formula is C23H20Br2N2O4. The van der Waals surface area contributed by atoms with Gasteiger partial charge in [-0.2, -0.15) is 0 Å². The summed E-state index contributed by atoms with van der Waals surface area (Å²) in [6, 6.07) is 14.0. The van der Waals surface area contributed by atoms with Crippen molar-refractivity contribution in [2.24, 2.45) is 0 Å². The number of benzene rings is 2. The van der Waals surface area contributed by atoms with E-state index in [1.54, 1.807) is 54.5 Å². The van der Waals surface area contributed by atoms with Gasteiger partial charge in [0.2, 0.25) is 0 Å². The van der Waals surface area contributed by atoms with Gasteiger partial charge in [0.05, 0.1) is 35.9 Å². The lowest BCUT2D eigenvalue weighted by Crippen LogP contribution is -2.31. The highest BCUT2D eigenvalue weighted by Crippen LogP contribution is 2.34. The fourth-order valence-electron chi connectivity index (χ4n) is 3.02. The van der Waals surface area contributed by atoms with Crippen LogP contribution in [-0.4, -0.2) is 30.6 Å². The van der Waals surface area contributed by atoms with E-state index < -0.39 is 5.97 Å². The van der Waals surface area contributed by atoms with E-state index in [9.17, 15) is 9.59 Å². The Hall–Kier alpha value is -2.71. The lowest BCUT2D eigenvalue weighted by atomic mass is 10.1. The zero-order chi connectivity index (χ0) is 22.4. The number of anilines is 1. The summed E-state index contributed by atoms with van der Waals surface area (Å²) in [6.45, 7) is 2.36. The van der Waals surface area contributed by atoms with Crippen molar-refractivity contribution in [2.75, 3.05) is 18.6 Å². The molecule has 0 saturated carbocycles. The maximum Gasteiger partial charge on any atom is 0.338 e. The van der Waals surface area contributed by atoms with Gasteiger partial charge in [-0.3, -0.25) is 9.78 Å². The van der Waals surface area contributed by atoms with E-state index in [4.69, 9.17) is 9.47 Å². The van der Waals surface area contributed by atoms with Gasteiger partial charge in [0.1, 0.15) is 5.75 Å². The quantitative estimate of drug-likeness (QED) is 0.358. The largest absolute Gasteiger partial charge is 0.495 e. The molecule has 1 amide bonds. The number of nitrogens with zero attached hydrogens (tertiary/aromatic N) is 2. The number of rotatable bonds is 7. The average Bonchev–Trinajstić information content (AvgIpc) is 2.77. The Morgan fingerprint density at radius 3 is 2.32 bits per heavy atom. The molecule has 0 atom stereocenters. The van der Waals surface area contributed by atoms with E-state index >= 15 is 0 Å². The van der Waals surface area contributed by atoms with Gasteiger partial charge in [0.25, 0.3) is 5.91 Å². The highest BCUT2D eigenvalue weighted by molar-refractivity contribution is 9.11. The molecule has 1 heterocycles. The predicted molar refractivity (Wildman–Crippen MR) is 126 cm³/mol. The molecule has 0 aliphatic rings. The number of halogens is 2. The predicted octanol–water partition coefficient (Wildman–Crippen LogP) is 5.64. The van der Waals surface area contributed by atoms with Crippen molar-refractivity contribution in [3.05, 3.63) is 86.6 Å². The Balaban J connectivity index is 2.03. The molecule has 0 aliphatic heterocycles. The molecule has 0 fully saturated rings. The number of carbonyl (C=O) groups excluding carboxylic acids is 2. The number of hydrogen-bond donors (Lipinski definition) is 0. The smallest absolute Gasteiger partial charge is 0.338 e. The van der Waals surface area contributed by atoms with Crippen molar-refractivity contribution >= 4 is 49.4 Å². The number of esters is 1. The van der Waals surface area contributed by atoms with Crippen molar-refractivity contribution < 1.29 is 19.1 Å². The van der Waals surface area contributed by atoms with Crippen LogP contribution in [0.3, 0.4) is 0 Å². The van der Waals surface area contributed by atoms with Crippen molar-refractivity contribution in [1.29, 1.82) is 0 Å². The SMILES string of the molecule is CCOC(=O)c1ccc(N(Cc2ccncc2)C(=O)c2cc(Br)cc(Br)c2OC)cc1. The topological polar surface area (TPSA) is 68.7 Å². The maximum absolute atomic E-state index is 13.7. The van der Waals surface area contributed by atoms with Gasteiger partial charge in [0, 0.05) is 22.6 Å². The summed E-state index contributed by atoms with van der Waals surface area (Å²) in [6.07, 6.45) is 3.36. The highest BCUT2D eigenvalue weighted by atomic mass is 79.9. The van der Waals surface area contributed by atoms with Gasteiger partial charge in [0.15, 0.2) is 0 Å². The summed E-state index contributed by atoms with van der Waals surface area (Å²) in [5.41, 5.74) is 2.36. The standard InChI is InChI=1S/C23H20Br2N2O4/c1-3-31-23(29)16-4-6-18(7-5-16)27(14-15-8-10-26-11-9-15)22(28)19-12-17(24)13-20(25)21(19)30-2/h4-13H,3,14H2,1-2H3. The second kappa shape index (κ2) is 10.5. The van der Waals surface area contributed by atoms with Gasteiger partial charge in [-0.05, 0) is 76.9 Å². The number of methoxy groups -OCH3 is 1. The average molecular weight is 548 g/mol. The molecule has 0 aliphatic carbocycles. The van der Waals surface area contributed by atoms with Gasteiger partial charge in [-0.1, -0.05) is 15.9 Å². The van der Waals surface area contributed by atoms with E-state index in [1.165, 1.54) is 7.11 Å². The Morgan fingerprint density at radius 2 is 1.71 bits per heavy atom. The molecule has 0 bridgehead atoms. The molecule has 0 radical (unpaired) electrons. The monoisotopic (exact) mass is 546 g/mol. The molecule has 3 rings (SSSR count). The third-order valence-corrected chi connectivity index (χ3v) is 5.52. The molecular weight excluding hydrogens is 528 g/mol. The summed E-state index contributed by atoms with van der Waals surface area (Å²) >= 11 is 6.89. The van der Waals surface area contributed by atoms with Crippen LogP contribution in [0.4, 0.5) is 5.69 Å². The first-order valence-electron chi connectivity index (χ1n) is 9.45. The first-order chi connectivity index (χ1) is 14.9. The molecule has 0 spiro atoms. The van der Waals surface area contributed by atoms with Gasteiger partial charge >= 0.3 is 5.97 Å². The zero-order valence-electron chi connectivity index (χ0n) is 17.0. The Morgan fingerprint density at radius 1 is 1.03 bits per heavy atom. The third-order valence-electron chi connectivity index (χ3n) is 4.47. The number of aromatic nitrogens is 1. The van der Waals surface area contributed by atoms with Crippen molar-refractivity contribution in [2.45, 2.75) is 13.5 Å². The number of amides is 1. The first kappa shape index (κ1) is 23.0. The summed E-state index contributed by atoms with van der Waals surface area (Å²) in [5, 5.41) is 0. The van der Waals surface area contributed by atoms with Crippen LogP contribution in [0.1, 0.15) is 33.2 Å². The normalized spacial score (nSPS) is 10.5. The second-order valence-electron chi connectivity index (χ2n) is 6.48. The van der Waals surface area contributed by atoms with Crippen LogP contribution in [0, 0.1) is 0 Å². The number of carbonyl (C=O) groups is 2. The van der Waals surface area contributed by atoms with Crippen molar-refractivity contribution in [1.82, 2.24) is 4.98 Å². The molecule has 0 saturated heterocycles. The minimum atomic E-state index is -0.404. The van der Waals surface area contributed by atoms with Crippen molar-refractivity contribution in [3.8, 4) is 5.75 Å². The van der Waals surface area contributed by atoms with E-state index in [0.717, 1.165) is 10.0 Å². The van der Waals surface area contributed by atoms with Crippen LogP contribution in [-0.2, 0) is 11.3 Å². The summed E-state index contributed by atoms with van der Waals surface area (Å²) < 4.78 is 11.9. The minimum Gasteiger partial charge on any atom is -0.495 e. The van der Waals surface area contributed by atoms with Gasteiger partial charge in [-0.15, -0.1) is 0 Å². The summed E-state index contributed by atoms with van der Waals surface area (Å²) in [7, 11) is 1.52. The van der Waals surface area contributed by atoms with Crippen LogP contribution in [0.2, 0.25) is 0 Å². The molecule has 2 aromatic carbocycles. The molecule has 1 aromatic heterocycles. The van der Waals surface area contributed by atoms with Gasteiger partial charge in [-0.25, -0.2) is 4.79 Å². The van der Waals surface area contributed by atoms with Crippen LogP contribution < -0.4 is 9.64 Å². The van der Waals surface area contributed by atoms with E-state index in [1.807, 2.05) is 18.2 Å². The Bertz CT molecular complexity index is 1070. The van der Waals surface area contributed by atoms with Gasteiger partial charge < -0.3 is 14.4 Å².